The molecule has 2 atom stereocenters. The van der Waals surface area contributed by atoms with E-state index in [1.165, 1.54) is 28.2 Å². The molecule has 5 nitrogen and oxygen atoms in total. The van der Waals surface area contributed by atoms with Crippen molar-refractivity contribution in [3.05, 3.63) is 107 Å². The second-order valence-corrected chi connectivity index (χ2v) is 9.20. The number of para-hydroxylation sites is 3. The number of hydrogen-bond acceptors (Lipinski definition) is 3. The Hall–Kier alpha value is -3.64. The van der Waals surface area contributed by atoms with Gasteiger partial charge < -0.3 is 19.5 Å². The normalized spacial score (nSPS) is 17.5. The van der Waals surface area contributed by atoms with Gasteiger partial charge >= 0.3 is 0 Å². The van der Waals surface area contributed by atoms with Gasteiger partial charge in [-0.3, -0.25) is 4.98 Å². The van der Waals surface area contributed by atoms with Crippen molar-refractivity contribution in [1.82, 2.24) is 14.9 Å². The molecule has 35 heavy (non-hydrogen) atoms. The highest BCUT2D eigenvalue weighted by Gasteiger charge is 2.43. The zero-order chi connectivity index (χ0) is 24.5. The number of hydrogen-bond donors (Lipinski definition) is 1. The van der Waals surface area contributed by atoms with E-state index in [1.54, 1.807) is 7.11 Å². The Morgan fingerprint density at radius 3 is 2.40 bits per heavy atom. The van der Waals surface area contributed by atoms with Gasteiger partial charge in [0.25, 0.3) is 0 Å². The fourth-order valence-corrected chi connectivity index (χ4v) is 5.58. The van der Waals surface area contributed by atoms with E-state index >= 15 is 0 Å². The molecule has 2 aromatic heterocycles. The number of methoxy groups -OCH3 is 1. The summed E-state index contributed by atoms with van der Waals surface area (Å²) >= 11 is 5.92. The van der Waals surface area contributed by atoms with Crippen molar-refractivity contribution < 1.29 is 4.74 Å². The first-order valence-corrected chi connectivity index (χ1v) is 12.4. The minimum absolute atomic E-state index is 0.0950. The van der Waals surface area contributed by atoms with Gasteiger partial charge in [0.1, 0.15) is 5.75 Å². The summed E-state index contributed by atoms with van der Waals surface area (Å²) in [5, 5.41) is 4.23. The molecule has 1 fully saturated rings. The number of benzene rings is 2. The number of aryl methyl sites for hydroxylation is 2. The minimum atomic E-state index is -0.107. The molecule has 3 heterocycles. The van der Waals surface area contributed by atoms with Crippen LogP contribution in [-0.4, -0.2) is 21.8 Å². The zero-order valence-electron chi connectivity index (χ0n) is 20.5. The highest BCUT2D eigenvalue weighted by molar-refractivity contribution is 7.80. The molecule has 0 aliphatic carbocycles. The first kappa shape index (κ1) is 23.1. The Balaban J connectivity index is 1.72. The maximum Gasteiger partial charge on any atom is 0.174 e. The molecular formula is C29H30N4OS. The van der Waals surface area contributed by atoms with Gasteiger partial charge in [-0.1, -0.05) is 43.3 Å². The van der Waals surface area contributed by atoms with Gasteiger partial charge in [-0.25, -0.2) is 0 Å². The fourth-order valence-electron chi connectivity index (χ4n) is 5.24. The van der Waals surface area contributed by atoms with Gasteiger partial charge in [0.2, 0.25) is 0 Å². The van der Waals surface area contributed by atoms with Gasteiger partial charge in [0, 0.05) is 23.3 Å². The van der Waals surface area contributed by atoms with Crippen LogP contribution in [0.15, 0.2) is 79.0 Å². The number of anilines is 1. The number of rotatable bonds is 6. The predicted octanol–water partition coefficient (Wildman–Crippen LogP) is 6.24. The molecule has 1 aliphatic rings. The summed E-state index contributed by atoms with van der Waals surface area (Å²) in [6, 6.07) is 24.8. The molecule has 1 saturated heterocycles. The van der Waals surface area contributed by atoms with Crippen molar-refractivity contribution in [2.24, 2.45) is 0 Å². The summed E-state index contributed by atoms with van der Waals surface area (Å²) in [5.41, 5.74) is 8.04. The summed E-state index contributed by atoms with van der Waals surface area (Å²) in [6.45, 7) is 6.58. The monoisotopic (exact) mass is 482 g/mol. The third-order valence-electron chi connectivity index (χ3n) is 6.85. The maximum absolute atomic E-state index is 5.92. The SMILES string of the molecule is CCc1ccccc1-n1c(C)cc([C@@H]2[C@H](c3ccccn3)NC(=S)N2c2ccccc2OC)c1C. The highest BCUT2D eigenvalue weighted by atomic mass is 32.1. The minimum Gasteiger partial charge on any atom is -0.495 e. The van der Waals surface area contributed by atoms with Crippen molar-refractivity contribution >= 4 is 23.0 Å². The third-order valence-corrected chi connectivity index (χ3v) is 7.16. The Bertz CT molecular complexity index is 1360. The zero-order valence-corrected chi connectivity index (χ0v) is 21.3. The summed E-state index contributed by atoms with van der Waals surface area (Å²) in [5.74, 6) is 0.786. The standard InChI is InChI=1S/C29H30N4OS/c1-5-21-12-6-7-14-24(21)32-19(2)18-22(20(32)3)28-27(23-13-10-11-17-30-23)31-29(35)33(28)25-15-8-9-16-26(25)34-4/h6-18,27-28H,5H2,1-4H3,(H,31,35)/t27-,28+/m0/s1. The largest absolute Gasteiger partial charge is 0.495 e. The molecule has 6 heteroatoms. The van der Waals surface area contributed by atoms with Crippen LogP contribution < -0.4 is 15.0 Å². The average Bonchev–Trinajstić information content (AvgIpc) is 3.39. The predicted molar refractivity (Wildman–Crippen MR) is 146 cm³/mol. The Morgan fingerprint density at radius 2 is 1.69 bits per heavy atom. The van der Waals surface area contributed by atoms with Crippen molar-refractivity contribution in [2.75, 3.05) is 12.0 Å². The van der Waals surface area contributed by atoms with Crippen molar-refractivity contribution in [2.45, 2.75) is 39.3 Å². The molecule has 5 rings (SSSR count). The van der Waals surface area contributed by atoms with E-state index in [0.717, 1.165) is 23.6 Å². The molecule has 0 amide bonds. The Morgan fingerprint density at radius 1 is 0.971 bits per heavy atom. The van der Waals surface area contributed by atoms with E-state index in [0.29, 0.717) is 5.11 Å². The van der Waals surface area contributed by atoms with E-state index in [1.807, 2.05) is 36.5 Å². The first-order chi connectivity index (χ1) is 17.0. The summed E-state index contributed by atoms with van der Waals surface area (Å²) in [7, 11) is 1.70. The average molecular weight is 483 g/mol. The van der Waals surface area contributed by atoms with E-state index in [9.17, 15) is 0 Å². The lowest BCUT2D eigenvalue weighted by atomic mass is 9.96. The van der Waals surface area contributed by atoms with Crippen LogP contribution in [0.4, 0.5) is 5.69 Å². The topological polar surface area (TPSA) is 42.3 Å². The number of ether oxygens (including phenoxy) is 1. The molecule has 4 aromatic rings. The van der Waals surface area contributed by atoms with Crippen LogP contribution in [-0.2, 0) is 6.42 Å². The van der Waals surface area contributed by atoms with Gasteiger partial charge in [-0.05, 0) is 80.0 Å². The number of thiocarbonyl (C=S) groups is 1. The van der Waals surface area contributed by atoms with Crippen LogP contribution in [0.25, 0.3) is 5.69 Å². The third kappa shape index (κ3) is 3.98. The lowest BCUT2D eigenvalue weighted by Crippen LogP contribution is -2.30. The van der Waals surface area contributed by atoms with Crippen molar-refractivity contribution in [1.29, 1.82) is 0 Å². The van der Waals surface area contributed by atoms with E-state index < -0.39 is 0 Å². The van der Waals surface area contributed by atoms with Crippen LogP contribution >= 0.6 is 12.2 Å². The van der Waals surface area contributed by atoms with E-state index in [2.05, 4.69) is 78.0 Å². The molecule has 0 radical (unpaired) electrons. The van der Waals surface area contributed by atoms with Crippen molar-refractivity contribution in [3.8, 4) is 11.4 Å². The second kappa shape index (κ2) is 9.55. The van der Waals surface area contributed by atoms with Crippen LogP contribution in [0, 0.1) is 13.8 Å². The lowest BCUT2D eigenvalue weighted by molar-refractivity contribution is 0.414. The molecule has 1 N–H and O–H groups in total. The number of pyridine rings is 1. The summed E-state index contributed by atoms with van der Waals surface area (Å²) < 4.78 is 8.11. The molecule has 1 aliphatic heterocycles. The Kier molecular flexibility index (Phi) is 6.31. The molecule has 178 valence electrons. The first-order valence-electron chi connectivity index (χ1n) is 12.0. The molecule has 0 unspecified atom stereocenters. The van der Waals surface area contributed by atoms with Crippen LogP contribution in [0.2, 0.25) is 0 Å². The smallest absolute Gasteiger partial charge is 0.174 e. The molecular weight excluding hydrogens is 452 g/mol. The fraction of sp³-hybridized carbons (Fsp3) is 0.241. The van der Waals surface area contributed by atoms with Gasteiger partial charge in [-0.2, -0.15) is 0 Å². The Labute approximate surface area is 212 Å². The molecule has 2 aromatic carbocycles. The number of nitrogens with one attached hydrogen (secondary N) is 1. The van der Waals surface area contributed by atoms with E-state index in [4.69, 9.17) is 21.9 Å². The number of aromatic nitrogens is 2. The van der Waals surface area contributed by atoms with Gasteiger partial charge in [0.05, 0.1) is 30.6 Å². The van der Waals surface area contributed by atoms with E-state index in [-0.39, 0.29) is 12.1 Å². The maximum atomic E-state index is 5.92. The van der Waals surface area contributed by atoms with Crippen molar-refractivity contribution in [3.63, 3.8) is 0 Å². The second-order valence-electron chi connectivity index (χ2n) is 8.81. The van der Waals surface area contributed by atoms with Gasteiger partial charge in [0.15, 0.2) is 5.11 Å². The quantitative estimate of drug-likeness (QED) is 0.330. The highest BCUT2D eigenvalue weighted by Crippen LogP contribution is 2.46. The lowest BCUT2D eigenvalue weighted by Gasteiger charge is -2.29. The summed E-state index contributed by atoms with van der Waals surface area (Å²) in [4.78, 5) is 6.89. The molecule has 0 spiro atoms. The van der Waals surface area contributed by atoms with Crippen LogP contribution in [0.1, 0.15) is 47.2 Å². The molecule has 0 bridgehead atoms. The van der Waals surface area contributed by atoms with Crippen LogP contribution in [0.3, 0.4) is 0 Å². The van der Waals surface area contributed by atoms with Crippen LogP contribution in [0.5, 0.6) is 5.75 Å². The molecule has 0 saturated carbocycles. The number of nitrogens with zero attached hydrogens (tertiary/aromatic N) is 3. The van der Waals surface area contributed by atoms with Gasteiger partial charge in [-0.15, -0.1) is 0 Å². The summed E-state index contributed by atoms with van der Waals surface area (Å²) in [6.07, 6.45) is 2.81.